The molecule has 3 rings (SSSR count). The molecule has 3 nitrogen and oxygen atoms in total. The van der Waals surface area contributed by atoms with E-state index in [9.17, 15) is 18.0 Å². The van der Waals surface area contributed by atoms with Gasteiger partial charge in [0.2, 0.25) is 5.91 Å². The molecule has 1 aliphatic rings. The molecule has 2 aromatic rings. The highest BCUT2D eigenvalue weighted by molar-refractivity contribution is 5.88. The smallest absolute Gasteiger partial charge is 0.339 e. The molecule has 1 aromatic carbocycles. The molecule has 0 bridgehead atoms. The van der Waals surface area contributed by atoms with Crippen LogP contribution in [0.2, 0.25) is 0 Å². The topological polar surface area (TPSA) is 33.2 Å². The highest BCUT2D eigenvalue weighted by Gasteiger charge is 2.45. The highest BCUT2D eigenvalue weighted by atomic mass is 19.4. The van der Waals surface area contributed by atoms with E-state index < -0.39 is 17.2 Å². The summed E-state index contributed by atoms with van der Waals surface area (Å²) in [7, 11) is 1.69. The third-order valence-electron chi connectivity index (χ3n) is 5.08. The van der Waals surface area contributed by atoms with E-state index in [0.29, 0.717) is 24.9 Å². The van der Waals surface area contributed by atoms with Gasteiger partial charge in [0, 0.05) is 13.2 Å². The lowest BCUT2D eigenvalue weighted by atomic mass is 9.77. The minimum absolute atomic E-state index is 0.139. The van der Waals surface area contributed by atoms with Crippen molar-refractivity contribution in [1.29, 1.82) is 0 Å². The van der Waals surface area contributed by atoms with Crippen LogP contribution in [0, 0.1) is 0 Å². The number of likely N-dealkylation sites (N-methyl/N-ethyl adjacent to an activating group) is 1. The predicted molar refractivity (Wildman–Crippen MR) is 92.3 cm³/mol. The summed E-state index contributed by atoms with van der Waals surface area (Å²) in [5.41, 5.74) is -0.380. The Labute approximate surface area is 150 Å². The molecular weight excluding hydrogens is 341 g/mol. The quantitative estimate of drug-likeness (QED) is 0.798. The molecule has 0 spiro atoms. The van der Waals surface area contributed by atoms with E-state index >= 15 is 0 Å². The molecule has 0 saturated heterocycles. The van der Waals surface area contributed by atoms with E-state index in [1.54, 1.807) is 30.3 Å². The van der Waals surface area contributed by atoms with E-state index in [0.717, 1.165) is 30.7 Å². The minimum Gasteiger partial charge on any atom is -0.339 e. The third-order valence-corrected chi connectivity index (χ3v) is 5.08. The van der Waals surface area contributed by atoms with Crippen LogP contribution in [-0.2, 0) is 22.9 Å². The maximum absolute atomic E-state index is 13.2. The summed E-state index contributed by atoms with van der Waals surface area (Å²) in [6.07, 6.45) is 0.0444. The van der Waals surface area contributed by atoms with Gasteiger partial charge in [0.25, 0.3) is 0 Å². The van der Waals surface area contributed by atoms with Gasteiger partial charge in [0.05, 0.1) is 23.2 Å². The molecule has 0 unspecified atom stereocenters. The van der Waals surface area contributed by atoms with Crippen LogP contribution in [0.4, 0.5) is 13.2 Å². The molecule has 1 fully saturated rings. The Hall–Kier alpha value is -2.37. The lowest BCUT2D eigenvalue weighted by molar-refractivity contribution is -0.139. The lowest BCUT2D eigenvalue weighted by Gasteiger charge is -2.33. The van der Waals surface area contributed by atoms with Crippen LogP contribution in [0.1, 0.15) is 42.5 Å². The van der Waals surface area contributed by atoms with E-state index in [2.05, 4.69) is 4.98 Å². The zero-order valence-electron chi connectivity index (χ0n) is 14.6. The number of carbonyl (C=O) groups is 1. The summed E-state index contributed by atoms with van der Waals surface area (Å²) in [6.45, 7) is 0.334. The van der Waals surface area contributed by atoms with Gasteiger partial charge in [-0.2, -0.15) is 13.2 Å². The van der Waals surface area contributed by atoms with Crippen molar-refractivity contribution in [3.05, 3.63) is 65.5 Å². The Morgan fingerprint density at radius 2 is 1.88 bits per heavy atom. The molecule has 6 heteroatoms. The van der Waals surface area contributed by atoms with Crippen molar-refractivity contribution in [3.8, 4) is 0 Å². The Bertz CT molecular complexity index is 768. The van der Waals surface area contributed by atoms with Crippen molar-refractivity contribution < 1.29 is 18.0 Å². The summed E-state index contributed by atoms with van der Waals surface area (Å²) in [6, 6.07) is 10.7. The van der Waals surface area contributed by atoms with Gasteiger partial charge in [-0.1, -0.05) is 37.1 Å². The van der Waals surface area contributed by atoms with Crippen LogP contribution in [-0.4, -0.2) is 22.8 Å². The average Bonchev–Trinajstić information content (AvgIpc) is 3.12. The first-order chi connectivity index (χ1) is 12.3. The second-order valence-electron chi connectivity index (χ2n) is 6.85. The molecule has 0 N–H and O–H groups in total. The van der Waals surface area contributed by atoms with Crippen molar-refractivity contribution in [1.82, 2.24) is 9.88 Å². The fraction of sp³-hybridized carbons (Fsp3) is 0.400. The Morgan fingerprint density at radius 1 is 1.15 bits per heavy atom. The molecule has 1 aliphatic carbocycles. The first-order valence-electron chi connectivity index (χ1n) is 8.66. The van der Waals surface area contributed by atoms with Gasteiger partial charge in [-0.3, -0.25) is 9.78 Å². The summed E-state index contributed by atoms with van der Waals surface area (Å²) in [5, 5.41) is 0. The Morgan fingerprint density at radius 3 is 2.50 bits per heavy atom. The normalized spacial score (nSPS) is 16.5. The number of benzene rings is 1. The van der Waals surface area contributed by atoms with Crippen molar-refractivity contribution in [2.24, 2.45) is 0 Å². The van der Waals surface area contributed by atoms with Gasteiger partial charge in [-0.25, -0.2) is 0 Å². The summed E-state index contributed by atoms with van der Waals surface area (Å²) in [4.78, 5) is 19.1. The maximum atomic E-state index is 13.2. The third kappa shape index (κ3) is 3.59. The second kappa shape index (κ2) is 7.09. The van der Waals surface area contributed by atoms with Gasteiger partial charge in [-0.15, -0.1) is 0 Å². The highest BCUT2D eigenvalue weighted by Crippen LogP contribution is 2.44. The molecule has 0 aliphatic heterocycles. The monoisotopic (exact) mass is 362 g/mol. The predicted octanol–water partition coefficient (Wildman–Crippen LogP) is 4.57. The molecule has 26 heavy (non-hydrogen) atoms. The van der Waals surface area contributed by atoms with Crippen LogP contribution in [0.5, 0.6) is 0 Å². The van der Waals surface area contributed by atoms with Crippen LogP contribution in [0.3, 0.4) is 0 Å². The van der Waals surface area contributed by atoms with Gasteiger partial charge >= 0.3 is 6.18 Å². The number of amides is 1. The van der Waals surface area contributed by atoms with Gasteiger partial charge in [-0.05, 0) is 36.6 Å². The number of hydrogen-bond acceptors (Lipinski definition) is 2. The van der Waals surface area contributed by atoms with E-state index in [1.807, 2.05) is 12.1 Å². The summed E-state index contributed by atoms with van der Waals surface area (Å²) >= 11 is 0. The van der Waals surface area contributed by atoms with Gasteiger partial charge in [0.15, 0.2) is 0 Å². The summed E-state index contributed by atoms with van der Waals surface area (Å²) in [5.74, 6) is -0.139. The molecular formula is C20H21F3N2O. The van der Waals surface area contributed by atoms with Gasteiger partial charge < -0.3 is 4.90 Å². The number of aromatic nitrogens is 1. The standard InChI is InChI=1S/C20H21F3N2O/c1-25(14-17-9-2-5-12-24-17)18(26)19(10-3-4-11-19)15-7-6-8-16(13-15)20(21,22)23/h2,5-9,12-13H,3-4,10-11,14H2,1H3. The number of nitrogens with zero attached hydrogens (tertiary/aromatic N) is 2. The molecule has 0 atom stereocenters. The molecule has 0 radical (unpaired) electrons. The summed E-state index contributed by atoms with van der Waals surface area (Å²) < 4.78 is 39.4. The SMILES string of the molecule is CN(Cc1ccccn1)C(=O)C1(c2cccc(C(F)(F)F)c2)CCCC1. The largest absolute Gasteiger partial charge is 0.416 e. The van der Waals surface area contributed by atoms with Crippen LogP contribution >= 0.6 is 0 Å². The van der Waals surface area contributed by atoms with E-state index in [4.69, 9.17) is 0 Å². The van der Waals surface area contributed by atoms with E-state index in [-0.39, 0.29) is 5.91 Å². The molecule has 1 saturated carbocycles. The van der Waals surface area contributed by atoms with Crippen molar-refractivity contribution in [2.45, 2.75) is 43.8 Å². The zero-order chi connectivity index (χ0) is 18.8. The van der Waals surface area contributed by atoms with Crippen LogP contribution < -0.4 is 0 Å². The Kier molecular flexibility index (Phi) is 5.03. The first-order valence-corrected chi connectivity index (χ1v) is 8.66. The first kappa shape index (κ1) is 18.4. The number of hydrogen-bond donors (Lipinski definition) is 0. The zero-order valence-corrected chi connectivity index (χ0v) is 14.6. The molecule has 138 valence electrons. The van der Waals surface area contributed by atoms with Crippen molar-refractivity contribution in [3.63, 3.8) is 0 Å². The van der Waals surface area contributed by atoms with Crippen LogP contribution in [0.15, 0.2) is 48.7 Å². The fourth-order valence-corrected chi connectivity index (χ4v) is 3.77. The lowest BCUT2D eigenvalue weighted by Crippen LogP contribution is -2.43. The number of halogens is 3. The van der Waals surface area contributed by atoms with Crippen molar-refractivity contribution >= 4 is 5.91 Å². The van der Waals surface area contributed by atoms with Crippen molar-refractivity contribution in [2.75, 3.05) is 7.05 Å². The molecule has 1 aromatic heterocycles. The van der Waals surface area contributed by atoms with Crippen LogP contribution in [0.25, 0.3) is 0 Å². The number of carbonyl (C=O) groups excluding carboxylic acids is 1. The minimum atomic E-state index is -4.42. The maximum Gasteiger partial charge on any atom is 0.416 e. The second-order valence-corrected chi connectivity index (χ2v) is 6.85. The fourth-order valence-electron chi connectivity index (χ4n) is 3.77. The number of rotatable bonds is 4. The molecule has 1 amide bonds. The Balaban J connectivity index is 1.91. The molecule has 1 heterocycles. The van der Waals surface area contributed by atoms with E-state index in [1.165, 1.54) is 6.07 Å². The van der Waals surface area contributed by atoms with Gasteiger partial charge in [0.1, 0.15) is 0 Å². The average molecular weight is 362 g/mol. The number of alkyl halides is 3. The number of pyridine rings is 1.